The molecule has 0 radical (unpaired) electrons. The summed E-state index contributed by atoms with van der Waals surface area (Å²) in [6.07, 6.45) is 11.3. The molecule has 10 nitrogen and oxygen atoms in total. The van der Waals surface area contributed by atoms with Crippen LogP contribution in [0.5, 0.6) is 34.5 Å². The van der Waals surface area contributed by atoms with Crippen LogP contribution in [0, 0.1) is 35.3 Å². The summed E-state index contributed by atoms with van der Waals surface area (Å²) in [6.45, 7) is 5.45. The number of aliphatic hydroxyl groups excluding tert-OH is 2. The molecule has 0 spiro atoms. The Kier molecular flexibility index (Phi) is 20.1. The molecule has 4 heterocycles. The predicted molar refractivity (Wildman–Crippen MR) is 248 cm³/mol. The van der Waals surface area contributed by atoms with Crippen molar-refractivity contribution in [3.63, 3.8) is 0 Å². The molecule has 12 heteroatoms. The molecule has 4 N–H and O–H groups in total. The molecule has 2 saturated heterocycles. The van der Waals surface area contributed by atoms with Crippen molar-refractivity contribution in [3.05, 3.63) is 113 Å². The van der Waals surface area contributed by atoms with Gasteiger partial charge in [0, 0.05) is 68.3 Å². The van der Waals surface area contributed by atoms with Gasteiger partial charge in [-0.2, -0.15) is 0 Å². The first-order valence-electron chi connectivity index (χ1n) is 21.9. The second-order valence-electron chi connectivity index (χ2n) is 16.0. The number of halogens is 2. The van der Waals surface area contributed by atoms with Crippen LogP contribution in [0.4, 0.5) is 8.78 Å². The zero-order chi connectivity index (χ0) is 42.9. The second kappa shape index (κ2) is 25.8. The molecule has 0 amide bonds. The highest BCUT2D eigenvalue weighted by atomic mass is 19.1. The van der Waals surface area contributed by atoms with Crippen LogP contribution in [0.25, 0.3) is 6.08 Å². The molecule has 0 aliphatic carbocycles. The van der Waals surface area contributed by atoms with Gasteiger partial charge < -0.3 is 49.3 Å². The number of allylic oxidation sites excluding steroid dienone is 1. The highest BCUT2D eigenvalue weighted by Crippen LogP contribution is 2.41. The highest BCUT2D eigenvalue weighted by Gasteiger charge is 2.29. The van der Waals surface area contributed by atoms with E-state index in [1.807, 2.05) is 48.5 Å². The minimum absolute atomic E-state index is 0. The summed E-state index contributed by atoms with van der Waals surface area (Å²) in [5, 5.41) is 24.8. The highest BCUT2D eigenvalue weighted by molar-refractivity contribution is 5.64. The lowest BCUT2D eigenvalue weighted by atomic mass is 9.81. The van der Waals surface area contributed by atoms with Crippen molar-refractivity contribution in [3.8, 4) is 46.3 Å². The number of hydrogen-bond donors (Lipinski definition) is 4. The number of rotatable bonds is 16. The Balaban J connectivity index is 0.000000234. The van der Waals surface area contributed by atoms with Crippen molar-refractivity contribution in [2.45, 2.75) is 78.1 Å². The van der Waals surface area contributed by atoms with Crippen molar-refractivity contribution in [2.75, 3.05) is 66.2 Å². The molecule has 2 fully saturated rings. The van der Waals surface area contributed by atoms with Crippen molar-refractivity contribution < 1.29 is 47.4 Å². The van der Waals surface area contributed by atoms with Crippen LogP contribution in [0.3, 0.4) is 0 Å². The lowest BCUT2D eigenvalue weighted by molar-refractivity contribution is 0.173. The van der Waals surface area contributed by atoms with Crippen molar-refractivity contribution >= 4 is 6.08 Å². The van der Waals surface area contributed by atoms with E-state index in [1.54, 1.807) is 0 Å². The Labute approximate surface area is 378 Å². The first kappa shape index (κ1) is 49.7. The molecule has 0 aromatic heterocycles. The number of benzene rings is 4. The number of nitrogens with one attached hydrogen (secondary N) is 2. The molecule has 4 aromatic carbocycles. The van der Waals surface area contributed by atoms with Gasteiger partial charge in [-0.1, -0.05) is 69.5 Å². The predicted octanol–water partition coefficient (Wildman–Crippen LogP) is 9.62. The van der Waals surface area contributed by atoms with E-state index in [0.717, 1.165) is 98.5 Å². The molecule has 0 saturated carbocycles. The van der Waals surface area contributed by atoms with Gasteiger partial charge in [-0.05, 0) is 105 Å². The van der Waals surface area contributed by atoms with E-state index in [-0.39, 0.29) is 65.1 Å². The summed E-state index contributed by atoms with van der Waals surface area (Å²) < 4.78 is 61.4. The smallest absolute Gasteiger partial charge is 0.231 e. The van der Waals surface area contributed by atoms with Crippen LogP contribution >= 0.6 is 0 Å². The van der Waals surface area contributed by atoms with Crippen molar-refractivity contribution in [1.82, 2.24) is 10.6 Å². The van der Waals surface area contributed by atoms with E-state index in [0.29, 0.717) is 60.9 Å². The standard InChI is InChI=1S/C26H32FNO4.C24H26FNO4.2CH4/c27-22-9-7-19(8-10-22)23-11-12-28-16-21(23)17-30-24-15-26-25(31-18-32-26)14-20(24)6-4-2-1-3-5-13-29;25-20-7-5-17(6-8-20)21-9-10-26-14-19(21)15-28-22-13-24-23(29-16-30-24)12-18(22)4-2-1-3-11-27;;/h4,6-10,14-15,21,23,28-29H,1-3,5,11-13,16-18H2;5-8,12-13,19,21,26-27H,1,3,9-11,14-16H2;2*1H4/b6-4+;;;/t21-,23-;19-,21-;;/m00../s1. The van der Waals surface area contributed by atoms with Gasteiger partial charge in [0.2, 0.25) is 13.6 Å². The van der Waals surface area contributed by atoms with Gasteiger partial charge in [-0.3, -0.25) is 0 Å². The number of piperidine rings is 2. The molecule has 4 atom stereocenters. The minimum Gasteiger partial charge on any atom is -0.492 e. The maximum atomic E-state index is 13.4. The Hall–Kier alpha value is -5.32. The summed E-state index contributed by atoms with van der Waals surface area (Å²) in [4.78, 5) is 0. The van der Waals surface area contributed by atoms with Crippen molar-refractivity contribution in [2.24, 2.45) is 11.8 Å². The van der Waals surface area contributed by atoms with Gasteiger partial charge in [0.25, 0.3) is 0 Å². The lowest BCUT2D eigenvalue weighted by Crippen LogP contribution is -2.38. The molecule has 64 heavy (non-hydrogen) atoms. The van der Waals surface area contributed by atoms with E-state index in [9.17, 15) is 8.78 Å². The molecule has 8 rings (SSSR count). The van der Waals surface area contributed by atoms with Gasteiger partial charge in [0.1, 0.15) is 23.1 Å². The second-order valence-corrected chi connectivity index (χ2v) is 16.0. The summed E-state index contributed by atoms with van der Waals surface area (Å²) in [7, 11) is 0. The van der Waals surface area contributed by atoms with Crippen molar-refractivity contribution in [1.29, 1.82) is 0 Å². The number of hydrogen-bond acceptors (Lipinski definition) is 10. The van der Waals surface area contributed by atoms with Crippen LogP contribution in [0.2, 0.25) is 0 Å². The molecular weight excluding hydrogens is 819 g/mol. The van der Waals surface area contributed by atoms with Gasteiger partial charge in [0.05, 0.1) is 18.8 Å². The number of unbranched alkanes of at least 4 members (excludes halogenated alkanes) is 4. The molecular formula is C52H66F2N2O8. The zero-order valence-corrected chi connectivity index (χ0v) is 35.2. The average molecular weight is 885 g/mol. The van der Waals surface area contributed by atoms with E-state index in [1.165, 1.54) is 24.3 Å². The maximum absolute atomic E-state index is 13.4. The average Bonchev–Trinajstić information content (AvgIpc) is 3.97. The maximum Gasteiger partial charge on any atom is 0.231 e. The third kappa shape index (κ3) is 13.8. The van der Waals surface area contributed by atoms with Crippen LogP contribution in [-0.4, -0.2) is 76.4 Å². The van der Waals surface area contributed by atoms with E-state index in [4.69, 9.17) is 38.6 Å². The Morgan fingerprint density at radius 3 is 1.72 bits per heavy atom. The molecule has 4 aliphatic rings. The Bertz CT molecular complexity index is 2120. The molecule has 4 aliphatic heterocycles. The lowest BCUT2D eigenvalue weighted by Gasteiger charge is -2.32. The van der Waals surface area contributed by atoms with Crippen LogP contribution in [-0.2, 0) is 0 Å². The van der Waals surface area contributed by atoms with Crippen LogP contribution < -0.4 is 39.1 Å². The van der Waals surface area contributed by atoms with Gasteiger partial charge in [-0.25, -0.2) is 8.78 Å². The SMILES string of the molecule is C.C.OCCCC#Cc1cc2c(cc1OC[C@@H]1CNCC[C@H]1c1ccc(F)cc1)OCO2.OCCCCC/C=C/c1cc2c(cc1OC[C@@H]1CNCC[C@H]1c1ccc(F)cc1)OCO2. The third-order valence-corrected chi connectivity index (χ3v) is 11.7. The summed E-state index contributed by atoms with van der Waals surface area (Å²) >= 11 is 0. The first-order chi connectivity index (χ1) is 30.5. The first-order valence-corrected chi connectivity index (χ1v) is 21.9. The molecule has 0 bridgehead atoms. The third-order valence-electron chi connectivity index (χ3n) is 11.7. The van der Waals surface area contributed by atoms with Gasteiger partial charge >= 0.3 is 0 Å². The number of ether oxygens (including phenoxy) is 6. The Morgan fingerprint density at radius 2 is 1.16 bits per heavy atom. The van der Waals surface area contributed by atoms with Gasteiger partial charge in [0.15, 0.2) is 23.0 Å². The van der Waals surface area contributed by atoms with E-state index >= 15 is 0 Å². The monoisotopic (exact) mass is 884 g/mol. The largest absolute Gasteiger partial charge is 0.492 e. The molecule has 0 unspecified atom stereocenters. The summed E-state index contributed by atoms with van der Waals surface area (Å²) in [5.41, 5.74) is 4.02. The van der Waals surface area contributed by atoms with Crippen LogP contribution in [0.1, 0.15) is 100 Å². The molecule has 4 aromatic rings. The summed E-state index contributed by atoms with van der Waals surface area (Å²) in [6, 6.07) is 21.2. The normalized spacial score (nSPS) is 19.3. The van der Waals surface area contributed by atoms with Gasteiger partial charge in [-0.15, -0.1) is 0 Å². The summed E-state index contributed by atoms with van der Waals surface area (Å²) in [5.74, 6) is 11.2. The number of fused-ring (bicyclic) bond motifs is 2. The van der Waals surface area contributed by atoms with E-state index in [2.05, 4.69) is 34.6 Å². The zero-order valence-electron chi connectivity index (χ0n) is 35.2. The molecule has 346 valence electrons. The Morgan fingerprint density at radius 1 is 0.641 bits per heavy atom. The fraction of sp³-hybridized carbons (Fsp3) is 0.462. The fourth-order valence-corrected chi connectivity index (χ4v) is 8.31. The topological polar surface area (TPSA) is 120 Å². The number of aliphatic hydroxyl groups is 2. The minimum atomic E-state index is -0.217. The van der Waals surface area contributed by atoms with Crippen LogP contribution in [0.15, 0.2) is 78.9 Å². The quantitative estimate of drug-likeness (QED) is 0.0640. The fourth-order valence-electron chi connectivity index (χ4n) is 8.31. The van der Waals surface area contributed by atoms with E-state index < -0.39 is 0 Å².